The summed E-state index contributed by atoms with van der Waals surface area (Å²) < 4.78 is 0. The standard InChI is InChI=1S/C16H22N2O2/c1-10(2)15-16(20)18(6-5-14(19)17-15)13-8-11(3)7-12(4)9-13/h7-10,15H,5-6H2,1-4H3,(H,17,19). The van der Waals surface area contributed by atoms with Gasteiger partial charge in [0.2, 0.25) is 11.8 Å². The fourth-order valence-electron chi connectivity index (χ4n) is 2.61. The maximum atomic E-state index is 12.7. The van der Waals surface area contributed by atoms with Crippen molar-refractivity contribution in [3.05, 3.63) is 29.3 Å². The number of carbonyl (C=O) groups is 2. The number of anilines is 1. The largest absolute Gasteiger partial charge is 0.344 e. The van der Waals surface area contributed by atoms with Gasteiger partial charge in [0.15, 0.2) is 0 Å². The zero-order chi connectivity index (χ0) is 14.9. The second-order valence-corrected chi connectivity index (χ2v) is 5.87. The van der Waals surface area contributed by atoms with Crippen LogP contribution in [0.5, 0.6) is 0 Å². The number of nitrogens with one attached hydrogen (secondary N) is 1. The molecule has 0 bridgehead atoms. The van der Waals surface area contributed by atoms with Crippen molar-refractivity contribution >= 4 is 17.5 Å². The molecule has 1 N–H and O–H groups in total. The Morgan fingerprint density at radius 2 is 1.75 bits per heavy atom. The van der Waals surface area contributed by atoms with Crippen molar-refractivity contribution in [3.8, 4) is 0 Å². The Labute approximate surface area is 120 Å². The molecular weight excluding hydrogens is 252 g/mol. The lowest BCUT2D eigenvalue weighted by atomic mass is 10.0. The molecule has 0 spiro atoms. The minimum absolute atomic E-state index is 0.0177. The van der Waals surface area contributed by atoms with Gasteiger partial charge in [-0.15, -0.1) is 0 Å². The average molecular weight is 274 g/mol. The lowest BCUT2D eigenvalue weighted by Gasteiger charge is -2.26. The molecule has 108 valence electrons. The number of hydrogen-bond donors (Lipinski definition) is 1. The maximum Gasteiger partial charge on any atom is 0.249 e. The monoisotopic (exact) mass is 274 g/mol. The minimum Gasteiger partial charge on any atom is -0.344 e. The highest BCUT2D eigenvalue weighted by Gasteiger charge is 2.32. The quantitative estimate of drug-likeness (QED) is 0.898. The molecule has 2 amide bonds. The van der Waals surface area contributed by atoms with E-state index in [9.17, 15) is 9.59 Å². The van der Waals surface area contributed by atoms with Crippen LogP contribution in [-0.4, -0.2) is 24.4 Å². The topological polar surface area (TPSA) is 49.4 Å². The molecule has 0 aliphatic carbocycles. The highest BCUT2D eigenvalue weighted by molar-refractivity contribution is 6.01. The molecule has 0 saturated carbocycles. The molecule has 0 radical (unpaired) electrons. The van der Waals surface area contributed by atoms with Crippen LogP contribution in [0.3, 0.4) is 0 Å². The van der Waals surface area contributed by atoms with Gasteiger partial charge in [-0.05, 0) is 43.0 Å². The van der Waals surface area contributed by atoms with Gasteiger partial charge in [0.25, 0.3) is 0 Å². The summed E-state index contributed by atoms with van der Waals surface area (Å²) in [7, 11) is 0. The van der Waals surface area contributed by atoms with E-state index in [1.165, 1.54) is 0 Å². The van der Waals surface area contributed by atoms with Gasteiger partial charge in [0, 0.05) is 18.7 Å². The summed E-state index contributed by atoms with van der Waals surface area (Å²) in [5.74, 6) is 0.0118. The van der Waals surface area contributed by atoms with Gasteiger partial charge in [0.1, 0.15) is 6.04 Å². The molecule has 1 aromatic rings. The Bertz CT molecular complexity index is 517. The summed E-state index contributed by atoms with van der Waals surface area (Å²) in [6.45, 7) is 8.38. The van der Waals surface area contributed by atoms with Gasteiger partial charge in [0.05, 0.1) is 0 Å². The molecule has 1 aliphatic heterocycles. The molecular formula is C16H22N2O2. The highest BCUT2D eigenvalue weighted by Crippen LogP contribution is 2.22. The average Bonchev–Trinajstić information content (AvgIpc) is 2.48. The van der Waals surface area contributed by atoms with Gasteiger partial charge in [-0.1, -0.05) is 19.9 Å². The fraction of sp³-hybridized carbons (Fsp3) is 0.500. The van der Waals surface area contributed by atoms with Gasteiger partial charge >= 0.3 is 0 Å². The lowest BCUT2D eigenvalue weighted by molar-refractivity contribution is -0.126. The maximum absolute atomic E-state index is 12.7. The third-order valence-electron chi connectivity index (χ3n) is 3.60. The van der Waals surface area contributed by atoms with E-state index >= 15 is 0 Å². The first-order valence-corrected chi connectivity index (χ1v) is 7.07. The molecule has 1 saturated heterocycles. The van der Waals surface area contributed by atoms with Crippen molar-refractivity contribution in [2.45, 2.75) is 40.2 Å². The predicted molar refractivity (Wildman–Crippen MR) is 79.7 cm³/mol. The smallest absolute Gasteiger partial charge is 0.249 e. The van der Waals surface area contributed by atoms with Gasteiger partial charge < -0.3 is 10.2 Å². The molecule has 1 heterocycles. The Morgan fingerprint density at radius 1 is 1.15 bits per heavy atom. The zero-order valence-corrected chi connectivity index (χ0v) is 12.6. The van der Waals surface area contributed by atoms with Crippen LogP contribution in [0.15, 0.2) is 18.2 Å². The Balaban J connectivity index is 2.38. The first-order valence-electron chi connectivity index (χ1n) is 7.07. The zero-order valence-electron chi connectivity index (χ0n) is 12.6. The lowest BCUT2D eigenvalue weighted by Crippen LogP contribution is -2.47. The van der Waals surface area contributed by atoms with Crippen molar-refractivity contribution in [1.29, 1.82) is 0 Å². The second kappa shape index (κ2) is 5.65. The summed E-state index contributed by atoms with van der Waals surface area (Å²) in [6.07, 6.45) is 0.349. The third-order valence-corrected chi connectivity index (χ3v) is 3.60. The molecule has 1 fully saturated rings. The van der Waals surface area contributed by atoms with E-state index in [0.29, 0.717) is 13.0 Å². The van der Waals surface area contributed by atoms with E-state index in [0.717, 1.165) is 16.8 Å². The van der Waals surface area contributed by atoms with E-state index in [-0.39, 0.29) is 17.7 Å². The van der Waals surface area contributed by atoms with Crippen LogP contribution in [-0.2, 0) is 9.59 Å². The van der Waals surface area contributed by atoms with E-state index in [1.54, 1.807) is 4.90 Å². The van der Waals surface area contributed by atoms with Crippen molar-refractivity contribution in [2.24, 2.45) is 5.92 Å². The van der Waals surface area contributed by atoms with Crippen LogP contribution in [0.2, 0.25) is 0 Å². The van der Waals surface area contributed by atoms with Crippen LogP contribution in [0.4, 0.5) is 5.69 Å². The number of hydrogen-bond acceptors (Lipinski definition) is 2. The highest BCUT2D eigenvalue weighted by atomic mass is 16.2. The Hall–Kier alpha value is -1.84. The first kappa shape index (κ1) is 14.6. The fourth-order valence-corrected chi connectivity index (χ4v) is 2.61. The molecule has 1 unspecified atom stereocenters. The molecule has 0 aromatic heterocycles. The first-order chi connectivity index (χ1) is 9.38. The molecule has 4 heteroatoms. The molecule has 1 aromatic carbocycles. The van der Waals surface area contributed by atoms with E-state index in [2.05, 4.69) is 11.4 Å². The summed E-state index contributed by atoms with van der Waals surface area (Å²) in [6, 6.07) is 5.64. The van der Waals surface area contributed by atoms with Crippen LogP contribution >= 0.6 is 0 Å². The van der Waals surface area contributed by atoms with Gasteiger partial charge in [-0.2, -0.15) is 0 Å². The van der Waals surface area contributed by atoms with Gasteiger partial charge in [-0.3, -0.25) is 9.59 Å². The molecule has 1 aliphatic rings. The number of nitrogens with zero attached hydrogens (tertiary/aromatic N) is 1. The molecule has 4 nitrogen and oxygen atoms in total. The third kappa shape index (κ3) is 3.00. The number of rotatable bonds is 2. The summed E-state index contributed by atoms with van der Waals surface area (Å²) in [4.78, 5) is 26.2. The van der Waals surface area contributed by atoms with Crippen LogP contribution in [0, 0.1) is 19.8 Å². The summed E-state index contributed by atoms with van der Waals surface area (Å²) >= 11 is 0. The summed E-state index contributed by atoms with van der Waals surface area (Å²) in [5, 5.41) is 2.83. The predicted octanol–water partition coefficient (Wildman–Crippen LogP) is 2.18. The minimum atomic E-state index is -0.439. The van der Waals surface area contributed by atoms with Crippen molar-refractivity contribution < 1.29 is 9.59 Å². The van der Waals surface area contributed by atoms with E-state index in [4.69, 9.17) is 0 Å². The number of benzene rings is 1. The van der Waals surface area contributed by atoms with Gasteiger partial charge in [-0.25, -0.2) is 0 Å². The van der Waals surface area contributed by atoms with Crippen molar-refractivity contribution in [3.63, 3.8) is 0 Å². The van der Waals surface area contributed by atoms with Crippen molar-refractivity contribution in [1.82, 2.24) is 5.32 Å². The normalized spacial score (nSPS) is 20.1. The van der Waals surface area contributed by atoms with Crippen LogP contribution < -0.4 is 10.2 Å². The van der Waals surface area contributed by atoms with Crippen LogP contribution in [0.1, 0.15) is 31.4 Å². The second-order valence-electron chi connectivity index (χ2n) is 5.87. The molecule has 2 rings (SSSR count). The molecule has 20 heavy (non-hydrogen) atoms. The van der Waals surface area contributed by atoms with E-state index < -0.39 is 6.04 Å². The number of carbonyl (C=O) groups excluding carboxylic acids is 2. The SMILES string of the molecule is Cc1cc(C)cc(N2CCC(=O)NC(C(C)C)C2=O)c1. The number of amides is 2. The van der Waals surface area contributed by atoms with Crippen molar-refractivity contribution in [2.75, 3.05) is 11.4 Å². The Morgan fingerprint density at radius 3 is 2.30 bits per heavy atom. The van der Waals surface area contributed by atoms with E-state index in [1.807, 2.05) is 39.8 Å². The number of aryl methyl sites for hydroxylation is 2. The van der Waals surface area contributed by atoms with Crippen LogP contribution in [0.25, 0.3) is 0 Å². The molecule has 1 atom stereocenters. The summed E-state index contributed by atoms with van der Waals surface area (Å²) in [5.41, 5.74) is 3.13. The Kier molecular flexibility index (Phi) is 4.12.